The Hall–Kier alpha value is -5.89. The average molecular weight is 663 g/mol. The third-order valence-electron chi connectivity index (χ3n) is 7.14. The van der Waals surface area contributed by atoms with Crippen molar-refractivity contribution in [3.63, 3.8) is 0 Å². The Morgan fingerprint density at radius 1 is 0.327 bits per heavy atom. The molecular formula is C41H42O8. The van der Waals surface area contributed by atoms with E-state index in [1.54, 1.807) is 103 Å². The van der Waals surface area contributed by atoms with Crippen LogP contribution in [0.15, 0.2) is 109 Å². The molecule has 0 spiro atoms. The maximum atomic E-state index is 11.2. The zero-order valence-corrected chi connectivity index (χ0v) is 29.2. The van der Waals surface area contributed by atoms with Crippen molar-refractivity contribution >= 4 is 39.7 Å². The van der Waals surface area contributed by atoms with Crippen molar-refractivity contribution in [2.45, 2.75) is 34.6 Å². The van der Waals surface area contributed by atoms with Gasteiger partial charge in [-0.05, 0) is 106 Å². The first-order valence-corrected chi connectivity index (χ1v) is 15.3. The van der Waals surface area contributed by atoms with Gasteiger partial charge in [-0.3, -0.25) is 24.0 Å². The van der Waals surface area contributed by atoms with E-state index in [1.165, 1.54) is 13.8 Å². The maximum absolute atomic E-state index is 11.2. The molecule has 5 rings (SSSR count). The molecule has 0 heterocycles. The van der Waals surface area contributed by atoms with Crippen molar-refractivity contribution in [3.05, 3.63) is 137 Å². The van der Waals surface area contributed by atoms with Crippen LogP contribution in [0, 0.1) is 0 Å². The first-order chi connectivity index (χ1) is 23.3. The van der Waals surface area contributed by atoms with Crippen molar-refractivity contribution in [1.29, 1.82) is 0 Å². The van der Waals surface area contributed by atoms with E-state index in [4.69, 9.17) is 14.2 Å². The molecule has 5 aromatic rings. The molecule has 0 fully saturated rings. The van der Waals surface area contributed by atoms with Crippen molar-refractivity contribution in [3.8, 4) is 17.2 Å². The van der Waals surface area contributed by atoms with Crippen molar-refractivity contribution in [2.75, 3.05) is 21.3 Å². The number of carbonyl (C=O) groups excluding carboxylic acids is 5. The second-order valence-electron chi connectivity index (χ2n) is 10.7. The predicted molar refractivity (Wildman–Crippen MR) is 193 cm³/mol. The van der Waals surface area contributed by atoms with Gasteiger partial charge < -0.3 is 14.2 Å². The quantitative estimate of drug-likeness (QED) is 0.151. The van der Waals surface area contributed by atoms with Gasteiger partial charge in [0.15, 0.2) is 28.9 Å². The maximum Gasteiger partial charge on any atom is 0.159 e. The second-order valence-corrected chi connectivity index (χ2v) is 10.7. The highest BCUT2D eigenvalue weighted by molar-refractivity contribution is 6.02. The Morgan fingerprint density at radius 2 is 0.531 bits per heavy atom. The predicted octanol–water partition coefficient (Wildman–Crippen LogP) is 8.94. The molecular weight excluding hydrogens is 620 g/mol. The van der Waals surface area contributed by atoms with E-state index in [-0.39, 0.29) is 28.9 Å². The van der Waals surface area contributed by atoms with Gasteiger partial charge in [0, 0.05) is 27.8 Å². The molecule has 0 radical (unpaired) electrons. The molecule has 0 atom stereocenters. The van der Waals surface area contributed by atoms with Gasteiger partial charge in [-0.2, -0.15) is 0 Å². The van der Waals surface area contributed by atoms with E-state index < -0.39 is 0 Å². The van der Waals surface area contributed by atoms with Gasteiger partial charge in [0.1, 0.15) is 17.2 Å². The minimum absolute atomic E-state index is 0.0186. The topological polar surface area (TPSA) is 113 Å². The molecule has 254 valence electrons. The fraction of sp³-hybridized carbons (Fsp3) is 0.195. The van der Waals surface area contributed by atoms with Crippen LogP contribution in [0.25, 0.3) is 10.8 Å². The molecule has 49 heavy (non-hydrogen) atoms. The van der Waals surface area contributed by atoms with Crippen LogP contribution < -0.4 is 14.2 Å². The van der Waals surface area contributed by atoms with Gasteiger partial charge in [0.05, 0.1) is 21.3 Å². The largest absolute Gasteiger partial charge is 0.497 e. The summed E-state index contributed by atoms with van der Waals surface area (Å²) in [5, 5.41) is 1.97. The molecule has 8 heteroatoms. The number of fused-ring (bicyclic) bond motifs is 1. The molecule has 8 nitrogen and oxygen atoms in total. The average Bonchev–Trinajstić information content (AvgIpc) is 3.11. The van der Waals surface area contributed by atoms with E-state index in [0.717, 1.165) is 28.0 Å². The Balaban J connectivity index is 0.000000231. The standard InChI is InChI=1S/C14H12O2.C10H10O2.C9H10O2.C8H10O2/c1-9(15)11-3-5-14-8-12(10(2)16)4-6-13(14)7-11;1-7(11)9-3-5-10(6-4-9)8(2)12;1-7(10)8-3-5-9(11-2)6-4-8;1-9-7-3-5-8(10-2)6-4-7/h3-8H,1-2H3;3-6H,1-2H3;3-6H,1-2H3;3-6H,1-2H3. The van der Waals surface area contributed by atoms with Crippen LogP contribution in [0.1, 0.15) is 86.4 Å². The van der Waals surface area contributed by atoms with Gasteiger partial charge in [-0.15, -0.1) is 0 Å². The highest BCUT2D eigenvalue weighted by Gasteiger charge is 2.04. The number of benzene rings is 5. The van der Waals surface area contributed by atoms with Crippen LogP contribution in [0.2, 0.25) is 0 Å². The highest BCUT2D eigenvalue weighted by Crippen LogP contribution is 2.19. The number of ketones is 5. The highest BCUT2D eigenvalue weighted by atomic mass is 16.5. The number of ether oxygens (including phenoxy) is 3. The summed E-state index contributed by atoms with van der Waals surface area (Å²) >= 11 is 0. The molecule has 0 aromatic heterocycles. The summed E-state index contributed by atoms with van der Waals surface area (Å²) < 4.78 is 14.9. The number of hydrogen-bond acceptors (Lipinski definition) is 8. The van der Waals surface area contributed by atoms with Crippen molar-refractivity contribution in [1.82, 2.24) is 0 Å². The van der Waals surface area contributed by atoms with Crippen LogP contribution in [0.4, 0.5) is 0 Å². The Labute approximate surface area is 287 Å². The Morgan fingerprint density at radius 3 is 0.755 bits per heavy atom. The van der Waals surface area contributed by atoms with Gasteiger partial charge in [0.2, 0.25) is 0 Å². The van der Waals surface area contributed by atoms with Gasteiger partial charge in [0.25, 0.3) is 0 Å². The minimum Gasteiger partial charge on any atom is -0.497 e. The van der Waals surface area contributed by atoms with Gasteiger partial charge in [-0.25, -0.2) is 0 Å². The van der Waals surface area contributed by atoms with Crippen LogP contribution >= 0.6 is 0 Å². The molecule has 5 aromatic carbocycles. The smallest absolute Gasteiger partial charge is 0.159 e. The molecule has 0 amide bonds. The minimum atomic E-state index is 0.0186. The molecule has 0 aliphatic heterocycles. The lowest BCUT2D eigenvalue weighted by molar-refractivity contribution is 0.100. The third kappa shape index (κ3) is 13.0. The summed E-state index contributed by atoms with van der Waals surface area (Å²) in [6.45, 7) is 7.64. The van der Waals surface area contributed by atoms with Crippen LogP contribution in [0.5, 0.6) is 17.2 Å². The zero-order valence-electron chi connectivity index (χ0n) is 29.2. The van der Waals surface area contributed by atoms with Gasteiger partial charge in [-0.1, -0.05) is 48.5 Å². The van der Waals surface area contributed by atoms with Crippen molar-refractivity contribution in [2.24, 2.45) is 0 Å². The number of Topliss-reactive ketones (excluding diaryl/α,β-unsaturated/α-hetero) is 5. The first kappa shape index (κ1) is 39.3. The van der Waals surface area contributed by atoms with Crippen molar-refractivity contribution < 1.29 is 38.2 Å². The summed E-state index contributed by atoms with van der Waals surface area (Å²) in [7, 11) is 4.88. The van der Waals surface area contributed by atoms with Crippen LogP contribution in [-0.4, -0.2) is 50.2 Å². The lowest BCUT2D eigenvalue weighted by atomic mass is 10.0. The molecule has 0 N–H and O–H groups in total. The normalized spacial score (nSPS) is 9.63. The fourth-order valence-corrected chi connectivity index (χ4v) is 4.16. The Bertz CT molecular complexity index is 1760. The Kier molecular flexibility index (Phi) is 15.8. The number of rotatable bonds is 8. The first-order valence-electron chi connectivity index (χ1n) is 15.3. The summed E-state index contributed by atoms with van der Waals surface area (Å²) in [5.74, 6) is 2.69. The fourth-order valence-electron chi connectivity index (χ4n) is 4.16. The summed E-state index contributed by atoms with van der Waals surface area (Å²) in [5.41, 5.74) is 3.39. The van der Waals surface area contributed by atoms with E-state index in [1.807, 2.05) is 48.5 Å². The summed E-state index contributed by atoms with van der Waals surface area (Å²) in [6.07, 6.45) is 0. The lowest BCUT2D eigenvalue weighted by Crippen LogP contribution is -1.95. The molecule has 0 unspecified atom stereocenters. The zero-order chi connectivity index (χ0) is 36.5. The molecule has 0 aliphatic carbocycles. The lowest BCUT2D eigenvalue weighted by Gasteiger charge is -2.02. The van der Waals surface area contributed by atoms with E-state index in [0.29, 0.717) is 27.8 Å². The SMILES string of the molecule is CC(=O)c1ccc(C(C)=O)cc1.CC(=O)c1ccc2cc(C(C)=O)ccc2c1.COc1ccc(C(C)=O)cc1.COc1ccc(OC)cc1. The third-order valence-corrected chi connectivity index (χ3v) is 7.14. The number of carbonyl (C=O) groups is 5. The monoisotopic (exact) mass is 662 g/mol. The molecule has 0 bridgehead atoms. The summed E-state index contributed by atoms with van der Waals surface area (Å²) in [4.78, 5) is 54.9. The molecule has 0 aliphatic rings. The van der Waals surface area contributed by atoms with Crippen LogP contribution in [0.3, 0.4) is 0 Å². The van der Waals surface area contributed by atoms with E-state index >= 15 is 0 Å². The number of hydrogen-bond donors (Lipinski definition) is 0. The molecule has 0 saturated carbocycles. The van der Waals surface area contributed by atoms with Gasteiger partial charge >= 0.3 is 0 Å². The number of methoxy groups -OCH3 is 3. The van der Waals surface area contributed by atoms with E-state index in [9.17, 15) is 24.0 Å². The molecule has 0 saturated heterocycles. The van der Waals surface area contributed by atoms with E-state index in [2.05, 4.69) is 0 Å². The second kappa shape index (κ2) is 19.7. The summed E-state index contributed by atoms with van der Waals surface area (Å²) in [6, 6.07) is 32.2. The van der Waals surface area contributed by atoms with Crippen LogP contribution in [-0.2, 0) is 0 Å².